The highest BCUT2D eigenvalue weighted by Crippen LogP contribution is 2.17. The molecule has 124 valence electrons. The van der Waals surface area contributed by atoms with Crippen LogP contribution in [-0.2, 0) is 0 Å². The number of benzene rings is 1. The second kappa shape index (κ2) is 7.81. The lowest BCUT2D eigenvalue weighted by Gasteiger charge is -2.31. The van der Waals surface area contributed by atoms with Crippen LogP contribution in [0.2, 0.25) is 5.02 Å². The molecule has 0 bridgehead atoms. The molecule has 23 heavy (non-hydrogen) atoms. The topological polar surface area (TPSA) is 50.2 Å². The predicted octanol–water partition coefficient (Wildman–Crippen LogP) is 2.77. The normalized spacial score (nSPS) is 15.3. The van der Waals surface area contributed by atoms with E-state index in [2.05, 4.69) is 10.4 Å². The molecule has 0 saturated carbocycles. The van der Waals surface area contributed by atoms with E-state index in [0.717, 1.165) is 31.6 Å². The van der Waals surface area contributed by atoms with E-state index in [-0.39, 0.29) is 18.3 Å². The molecule has 0 spiro atoms. The Labute approximate surface area is 147 Å². The van der Waals surface area contributed by atoms with Gasteiger partial charge < -0.3 is 10.2 Å². The van der Waals surface area contributed by atoms with Crippen LogP contribution in [0.25, 0.3) is 5.69 Å². The van der Waals surface area contributed by atoms with Gasteiger partial charge in [-0.05, 0) is 38.1 Å². The standard InChI is InChI=1S/C16H19ClN4O.ClH/c1-18-14-5-7-20(8-6-14)16(22)12-10-19-21(11-12)15-4-2-3-13(17)9-15;/h2-4,9-11,14,18H,5-8H2,1H3;1H. The lowest BCUT2D eigenvalue weighted by molar-refractivity contribution is 0.0707. The van der Waals surface area contributed by atoms with Crippen LogP contribution in [0.3, 0.4) is 0 Å². The van der Waals surface area contributed by atoms with Crippen molar-refractivity contribution in [3.63, 3.8) is 0 Å². The number of nitrogens with one attached hydrogen (secondary N) is 1. The van der Waals surface area contributed by atoms with E-state index in [4.69, 9.17) is 11.6 Å². The average molecular weight is 355 g/mol. The van der Waals surface area contributed by atoms with Crippen molar-refractivity contribution in [1.29, 1.82) is 0 Å². The molecule has 0 radical (unpaired) electrons. The summed E-state index contributed by atoms with van der Waals surface area (Å²) in [4.78, 5) is 14.4. The Hall–Kier alpha value is -1.56. The van der Waals surface area contributed by atoms with E-state index >= 15 is 0 Å². The first-order valence-corrected chi connectivity index (χ1v) is 7.82. The van der Waals surface area contributed by atoms with Crippen molar-refractivity contribution in [2.24, 2.45) is 0 Å². The van der Waals surface area contributed by atoms with Gasteiger partial charge in [0.25, 0.3) is 5.91 Å². The Kier molecular flexibility index (Phi) is 6.04. The van der Waals surface area contributed by atoms with Gasteiger partial charge in [-0.25, -0.2) is 4.68 Å². The number of halogens is 2. The molecule has 1 amide bonds. The van der Waals surface area contributed by atoms with Gasteiger partial charge in [0.1, 0.15) is 0 Å². The second-order valence-corrected chi connectivity index (χ2v) is 5.95. The van der Waals surface area contributed by atoms with Crippen LogP contribution in [-0.4, -0.2) is 46.8 Å². The third-order valence-electron chi connectivity index (χ3n) is 4.09. The number of aromatic nitrogens is 2. The Morgan fingerprint density at radius 3 is 2.74 bits per heavy atom. The monoisotopic (exact) mass is 354 g/mol. The molecular formula is C16H20Cl2N4O. The zero-order valence-corrected chi connectivity index (χ0v) is 14.5. The lowest BCUT2D eigenvalue weighted by Crippen LogP contribution is -2.43. The van der Waals surface area contributed by atoms with Gasteiger partial charge in [-0.1, -0.05) is 17.7 Å². The summed E-state index contributed by atoms with van der Waals surface area (Å²) in [5, 5.41) is 8.19. The van der Waals surface area contributed by atoms with Crippen LogP contribution in [0.15, 0.2) is 36.7 Å². The number of carbonyl (C=O) groups is 1. The smallest absolute Gasteiger partial charge is 0.257 e. The summed E-state index contributed by atoms with van der Waals surface area (Å²) in [6.45, 7) is 1.57. The van der Waals surface area contributed by atoms with Gasteiger partial charge in [0.15, 0.2) is 0 Å². The highest BCUT2D eigenvalue weighted by molar-refractivity contribution is 6.30. The van der Waals surface area contributed by atoms with Crippen LogP contribution < -0.4 is 5.32 Å². The van der Waals surface area contributed by atoms with Gasteiger partial charge in [-0.2, -0.15) is 5.10 Å². The van der Waals surface area contributed by atoms with Gasteiger partial charge in [-0.15, -0.1) is 12.4 Å². The first-order chi connectivity index (χ1) is 10.7. The van der Waals surface area contributed by atoms with Crippen LogP contribution in [0.5, 0.6) is 0 Å². The molecule has 1 N–H and O–H groups in total. The Balaban J connectivity index is 0.00000192. The minimum Gasteiger partial charge on any atom is -0.338 e. The number of carbonyl (C=O) groups excluding carboxylic acids is 1. The summed E-state index contributed by atoms with van der Waals surface area (Å²) in [5.41, 5.74) is 1.46. The molecule has 1 saturated heterocycles. The minimum atomic E-state index is 0. The van der Waals surface area contributed by atoms with E-state index in [1.807, 2.05) is 36.2 Å². The molecule has 1 aromatic heterocycles. The van der Waals surface area contributed by atoms with Crippen molar-refractivity contribution >= 4 is 29.9 Å². The molecule has 1 aliphatic rings. The average Bonchev–Trinajstić information content (AvgIpc) is 3.04. The van der Waals surface area contributed by atoms with Crippen molar-refractivity contribution in [1.82, 2.24) is 20.0 Å². The number of amides is 1. The van der Waals surface area contributed by atoms with Gasteiger partial charge in [0.2, 0.25) is 0 Å². The first-order valence-electron chi connectivity index (χ1n) is 7.44. The zero-order valence-electron chi connectivity index (χ0n) is 12.9. The molecule has 2 heterocycles. The van der Waals surface area contributed by atoms with E-state index < -0.39 is 0 Å². The number of nitrogens with zero attached hydrogens (tertiary/aromatic N) is 3. The van der Waals surface area contributed by atoms with Gasteiger partial charge in [-0.3, -0.25) is 4.79 Å². The van der Waals surface area contributed by atoms with Crippen LogP contribution in [0.1, 0.15) is 23.2 Å². The van der Waals surface area contributed by atoms with Gasteiger partial charge >= 0.3 is 0 Å². The molecule has 0 aliphatic carbocycles. The summed E-state index contributed by atoms with van der Waals surface area (Å²) in [6.07, 6.45) is 5.36. The maximum atomic E-state index is 12.5. The Morgan fingerprint density at radius 1 is 1.35 bits per heavy atom. The van der Waals surface area contributed by atoms with Crippen molar-refractivity contribution < 1.29 is 4.79 Å². The van der Waals surface area contributed by atoms with Gasteiger partial charge in [0.05, 0.1) is 17.4 Å². The predicted molar refractivity (Wildman–Crippen MR) is 93.8 cm³/mol. The quantitative estimate of drug-likeness (QED) is 0.921. The number of rotatable bonds is 3. The number of hydrogen-bond donors (Lipinski definition) is 1. The number of likely N-dealkylation sites (tertiary alicyclic amines) is 1. The summed E-state index contributed by atoms with van der Waals surface area (Å²) < 4.78 is 1.68. The number of hydrogen-bond acceptors (Lipinski definition) is 3. The maximum absolute atomic E-state index is 12.5. The molecule has 0 unspecified atom stereocenters. The van der Waals surface area contributed by atoms with Gasteiger partial charge in [0, 0.05) is 30.4 Å². The third-order valence-corrected chi connectivity index (χ3v) is 4.33. The molecule has 1 aliphatic heterocycles. The lowest BCUT2D eigenvalue weighted by atomic mass is 10.0. The third kappa shape index (κ3) is 4.05. The number of piperidine rings is 1. The van der Waals surface area contributed by atoms with Crippen LogP contribution in [0, 0.1) is 0 Å². The van der Waals surface area contributed by atoms with E-state index in [1.54, 1.807) is 17.1 Å². The molecular weight excluding hydrogens is 335 g/mol. The molecule has 5 nitrogen and oxygen atoms in total. The zero-order chi connectivity index (χ0) is 15.5. The van der Waals surface area contributed by atoms with Crippen molar-refractivity contribution in [2.45, 2.75) is 18.9 Å². The largest absolute Gasteiger partial charge is 0.338 e. The molecule has 2 aromatic rings. The summed E-state index contributed by atoms with van der Waals surface area (Å²) >= 11 is 5.99. The summed E-state index contributed by atoms with van der Waals surface area (Å²) in [6, 6.07) is 7.92. The van der Waals surface area contributed by atoms with Crippen molar-refractivity contribution in [2.75, 3.05) is 20.1 Å². The molecule has 3 rings (SSSR count). The fourth-order valence-corrected chi connectivity index (χ4v) is 2.93. The highest BCUT2D eigenvalue weighted by atomic mass is 35.5. The van der Waals surface area contributed by atoms with Crippen molar-refractivity contribution in [3.05, 3.63) is 47.2 Å². The second-order valence-electron chi connectivity index (χ2n) is 5.51. The maximum Gasteiger partial charge on any atom is 0.257 e. The fourth-order valence-electron chi connectivity index (χ4n) is 2.75. The molecule has 1 aromatic carbocycles. The fraction of sp³-hybridized carbons (Fsp3) is 0.375. The summed E-state index contributed by atoms with van der Waals surface area (Å²) in [7, 11) is 1.97. The van der Waals surface area contributed by atoms with Crippen LogP contribution >= 0.6 is 24.0 Å². The Bertz CT molecular complexity index is 666. The molecule has 7 heteroatoms. The summed E-state index contributed by atoms with van der Waals surface area (Å²) in [5.74, 6) is 0.0443. The Morgan fingerprint density at radius 2 is 2.09 bits per heavy atom. The minimum absolute atomic E-state index is 0. The van der Waals surface area contributed by atoms with E-state index in [9.17, 15) is 4.79 Å². The van der Waals surface area contributed by atoms with Crippen molar-refractivity contribution in [3.8, 4) is 5.69 Å². The first kappa shape index (κ1) is 17.8. The molecule has 1 fully saturated rings. The molecule has 0 atom stereocenters. The SMILES string of the molecule is CNC1CCN(C(=O)c2cnn(-c3cccc(Cl)c3)c2)CC1.Cl. The highest BCUT2D eigenvalue weighted by Gasteiger charge is 2.23. The van der Waals surface area contributed by atoms with E-state index in [0.29, 0.717) is 16.6 Å². The van der Waals surface area contributed by atoms with E-state index in [1.165, 1.54) is 0 Å². The van der Waals surface area contributed by atoms with Crippen LogP contribution in [0.4, 0.5) is 0 Å².